The van der Waals surface area contributed by atoms with Gasteiger partial charge in [0.1, 0.15) is 53.0 Å². The second kappa shape index (κ2) is 22.2. The number of halogens is 5. The third-order valence-electron chi connectivity index (χ3n) is 16.2. The summed E-state index contributed by atoms with van der Waals surface area (Å²) in [7, 11) is 3.93. The van der Waals surface area contributed by atoms with Gasteiger partial charge in [0.2, 0.25) is 11.8 Å². The summed E-state index contributed by atoms with van der Waals surface area (Å²) in [4.78, 5) is 62.5. The van der Waals surface area contributed by atoms with Crippen molar-refractivity contribution in [2.24, 2.45) is 5.73 Å². The number of rotatable bonds is 15. The number of hydrogen-bond acceptors (Lipinski definition) is 12. The number of amides is 3. The van der Waals surface area contributed by atoms with Gasteiger partial charge in [-0.3, -0.25) is 9.59 Å². The van der Waals surface area contributed by atoms with Crippen LogP contribution in [0.5, 0.6) is 0 Å². The van der Waals surface area contributed by atoms with Crippen LogP contribution in [0.1, 0.15) is 117 Å². The smallest absolute Gasteiger partial charge is 0.407 e. The molecule has 0 radical (unpaired) electrons. The molecule has 4 aliphatic heterocycles. The van der Waals surface area contributed by atoms with Crippen molar-refractivity contribution in [1.82, 2.24) is 35.1 Å². The molecule has 410 valence electrons. The molecule has 4 aromatic carbocycles. The number of nitrogens with zero attached hydrogens (tertiary/aromatic N) is 6. The van der Waals surface area contributed by atoms with Crippen LogP contribution in [0.4, 0.5) is 38.1 Å². The number of benzene rings is 4. The van der Waals surface area contributed by atoms with E-state index in [4.69, 9.17) is 29.9 Å². The van der Waals surface area contributed by atoms with Gasteiger partial charge in [0.05, 0.1) is 66.1 Å². The van der Waals surface area contributed by atoms with Gasteiger partial charge < -0.3 is 59.9 Å². The molecule has 4 fully saturated rings. The Morgan fingerprint density at radius 3 is 1.73 bits per heavy atom. The van der Waals surface area contributed by atoms with Gasteiger partial charge in [-0.2, -0.15) is 0 Å². The third kappa shape index (κ3) is 10.3. The Morgan fingerprint density at radius 2 is 1.23 bits per heavy atom. The van der Waals surface area contributed by atoms with Gasteiger partial charge in [0.25, 0.3) is 0 Å². The number of aliphatic hydroxyl groups excluding tert-OH is 1. The molecule has 6 heterocycles. The number of alkyl carbamates (subject to hydrolysis) is 1. The first-order valence-corrected chi connectivity index (χ1v) is 26.1. The molecule has 1 unspecified atom stereocenters. The van der Waals surface area contributed by atoms with Crippen molar-refractivity contribution in [2.75, 3.05) is 63.9 Å². The molecule has 17 nitrogen and oxygen atoms in total. The molecule has 4 saturated heterocycles. The lowest BCUT2D eigenvalue weighted by molar-refractivity contribution is -0.139. The summed E-state index contributed by atoms with van der Waals surface area (Å²) in [5.74, 6) is -3.36. The van der Waals surface area contributed by atoms with E-state index in [9.17, 15) is 23.9 Å². The molecule has 10 rings (SSSR count). The number of likely N-dealkylation sites (tertiary alicyclic amines) is 2. The van der Waals surface area contributed by atoms with Crippen molar-refractivity contribution in [3.05, 3.63) is 118 Å². The fourth-order valence-corrected chi connectivity index (χ4v) is 12.1. The summed E-state index contributed by atoms with van der Waals surface area (Å²) in [6.45, 7) is 2.53. The summed E-state index contributed by atoms with van der Waals surface area (Å²) in [5, 5.41) is 12.5. The first kappa shape index (κ1) is 53.5. The van der Waals surface area contributed by atoms with Gasteiger partial charge >= 0.3 is 6.09 Å². The highest BCUT2D eigenvalue weighted by molar-refractivity contribution is 5.87. The minimum Gasteiger partial charge on any atom is -0.453 e. The molecule has 6 aromatic rings. The van der Waals surface area contributed by atoms with Gasteiger partial charge in [-0.25, -0.2) is 36.7 Å². The number of hydrogen-bond donors (Lipinski definition) is 5. The molecule has 2 aromatic heterocycles. The average Bonchev–Trinajstić information content (AvgIpc) is 4.39. The number of aliphatic hydroxyl groups is 1. The number of aromatic amines is 2. The minimum absolute atomic E-state index is 0.0567. The molecule has 0 saturated carbocycles. The van der Waals surface area contributed by atoms with Gasteiger partial charge in [0.15, 0.2) is 11.6 Å². The predicted octanol–water partition coefficient (Wildman–Crippen LogP) is 8.02. The number of ether oxygens (including phenoxy) is 3. The summed E-state index contributed by atoms with van der Waals surface area (Å²) in [6.07, 6.45) is 1.40. The number of anilines is 2. The number of piperidine rings is 1. The zero-order chi connectivity index (χ0) is 54.4. The maximum absolute atomic E-state index is 17.0. The number of H-pyrrole nitrogens is 2. The highest BCUT2D eigenvalue weighted by Gasteiger charge is 2.43. The van der Waals surface area contributed by atoms with Crippen LogP contribution in [0, 0.1) is 29.1 Å². The quantitative estimate of drug-likeness (QED) is 0.0620. The van der Waals surface area contributed by atoms with Crippen LogP contribution in [-0.2, 0) is 23.8 Å². The molecule has 4 aliphatic rings. The molecular weight excluding hydrogens is 1010 g/mol. The Balaban J connectivity index is 0.995. The summed E-state index contributed by atoms with van der Waals surface area (Å²) < 4.78 is 96.6. The fraction of sp³-hybridized carbons (Fsp3) is 0.473. The van der Waals surface area contributed by atoms with E-state index in [0.29, 0.717) is 86.4 Å². The number of aromatic nitrogens is 4. The summed E-state index contributed by atoms with van der Waals surface area (Å²) in [6, 6.07) is 9.34. The van der Waals surface area contributed by atoms with Gasteiger partial charge in [-0.15, -0.1) is 0 Å². The normalized spacial score (nSPS) is 21.8. The molecule has 3 amide bonds. The number of imidazole rings is 2. The largest absolute Gasteiger partial charge is 0.453 e. The van der Waals surface area contributed by atoms with Gasteiger partial charge in [-0.05, 0) is 106 Å². The zero-order valence-corrected chi connectivity index (χ0v) is 43.2. The molecule has 0 bridgehead atoms. The summed E-state index contributed by atoms with van der Waals surface area (Å²) >= 11 is 0. The Morgan fingerprint density at radius 1 is 0.701 bits per heavy atom. The van der Waals surface area contributed by atoms with Crippen molar-refractivity contribution in [1.29, 1.82) is 0 Å². The Bertz CT molecular complexity index is 3130. The molecule has 0 aliphatic carbocycles. The Kier molecular flexibility index (Phi) is 15.4. The standard InChI is InChI=1S/C55H63F5N10O7/c1-28(75-2)48(61)53(72)68-17-5-7-45(68)51-62-39-23-33(35(57)25-41(39)64-51)43-13-14-44(70(43)32-21-37(59)50(38(60)22-32)67-19-15-30(16-20-67)29-9-11-31(56)12-10-29)34-24-40-42(26-36(34)58)65-52(63-40)46-8-6-18-69(46)54(73)49(47(27-71)76-3)66-55(74)77-4/h9-12,21-26,28,30,43-49,71H,5-8,13-20,27,61H2,1-4H3,(H,62,64)(H,63,65)(H,66,74)/t28-,43-,44-,45?,46+,47-,48+,49+/m1/s1. The average molecular weight is 1070 g/mol. The number of methoxy groups -OCH3 is 3. The monoisotopic (exact) mass is 1070 g/mol. The van der Waals surface area contributed by atoms with Crippen molar-refractivity contribution in [2.45, 2.75) is 113 Å². The first-order chi connectivity index (χ1) is 37.1. The van der Waals surface area contributed by atoms with Crippen molar-refractivity contribution in [3.63, 3.8) is 0 Å². The van der Waals surface area contributed by atoms with Crippen LogP contribution in [0.25, 0.3) is 22.1 Å². The zero-order valence-electron chi connectivity index (χ0n) is 43.2. The second-order valence-electron chi connectivity index (χ2n) is 20.5. The lowest BCUT2D eigenvalue weighted by Crippen LogP contribution is -2.55. The lowest BCUT2D eigenvalue weighted by Gasteiger charge is -2.36. The van der Waals surface area contributed by atoms with E-state index in [1.165, 1.54) is 55.5 Å². The number of nitrogens with two attached hydrogens (primary N) is 1. The SMILES string of the molecule is COC(=O)N[C@H](C(=O)N1CCC[C@H]1c1nc2cc(F)c([C@H]3CC[C@H](c4cc5[nH]c(C6CCCN6C(=O)[C@@H](N)[C@@H](C)OC)nc5cc4F)N3c3cc(F)c(N4CCC(c5ccc(F)cc5)CC4)c(F)c3)cc2[nH]1)[C@@H](CO)OC. The van der Waals surface area contributed by atoms with E-state index in [-0.39, 0.29) is 65.0 Å². The van der Waals surface area contributed by atoms with Crippen molar-refractivity contribution < 1.29 is 55.7 Å². The number of carbonyl (C=O) groups excluding carboxylic acids is 3. The maximum atomic E-state index is 17.0. The van der Waals surface area contributed by atoms with E-state index in [1.807, 2.05) is 0 Å². The first-order valence-electron chi connectivity index (χ1n) is 26.1. The second-order valence-corrected chi connectivity index (χ2v) is 20.5. The van der Waals surface area contributed by atoms with Crippen LogP contribution in [0.2, 0.25) is 0 Å². The predicted molar refractivity (Wildman–Crippen MR) is 275 cm³/mol. The van der Waals surface area contributed by atoms with E-state index < -0.39 is 90.3 Å². The van der Waals surface area contributed by atoms with Gasteiger partial charge in [0, 0.05) is 69.3 Å². The molecule has 0 spiro atoms. The van der Waals surface area contributed by atoms with Crippen LogP contribution >= 0.6 is 0 Å². The lowest BCUT2D eigenvalue weighted by atomic mass is 9.89. The Labute approximate surface area is 441 Å². The number of nitrogens with one attached hydrogen (secondary N) is 3. The van der Waals surface area contributed by atoms with Crippen LogP contribution < -0.4 is 20.9 Å². The molecule has 8 atom stereocenters. The molecule has 77 heavy (non-hydrogen) atoms. The number of carbonyl (C=O) groups is 3. The Hall–Kier alpha value is -6.88. The van der Waals surface area contributed by atoms with E-state index >= 15 is 17.6 Å². The summed E-state index contributed by atoms with van der Waals surface area (Å²) in [5.41, 5.74) is 8.79. The number of fused-ring (bicyclic) bond motifs is 2. The maximum Gasteiger partial charge on any atom is 0.407 e. The van der Waals surface area contributed by atoms with Crippen molar-refractivity contribution in [3.8, 4) is 0 Å². The van der Waals surface area contributed by atoms with Crippen molar-refractivity contribution >= 4 is 51.3 Å². The van der Waals surface area contributed by atoms with E-state index in [1.54, 1.807) is 45.9 Å². The molecular formula is C55H63F5N10O7. The highest BCUT2D eigenvalue weighted by atomic mass is 19.1. The van der Waals surface area contributed by atoms with E-state index in [2.05, 4.69) is 15.3 Å². The fourth-order valence-electron chi connectivity index (χ4n) is 12.1. The third-order valence-corrected chi connectivity index (χ3v) is 16.2. The topological polar surface area (TPSA) is 207 Å². The highest BCUT2D eigenvalue weighted by Crippen LogP contribution is 2.50. The molecule has 22 heteroatoms. The minimum atomic E-state index is -1.31. The van der Waals surface area contributed by atoms with Crippen LogP contribution in [0.15, 0.2) is 60.7 Å². The van der Waals surface area contributed by atoms with Crippen LogP contribution in [0.3, 0.4) is 0 Å². The molecule has 6 N–H and O–H groups in total. The van der Waals surface area contributed by atoms with Gasteiger partial charge in [-0.1, -0.05) is 12.1 Å². The van der Waals surface area contributed by atoms with Crippen LogP contribution in [-0.4, -0.2) is 131 Å². The van der Waals surface area contributed by atoms with E-state index in [0.717, 1.165) is 12.7 Å².